The third-order valence-corrected chi connectivity index (χ3v) is 2.60. The van der Waals surface area contributed by atoms with Crippen LogP contribution in [-0.4, -0.2) is 33.9 Å². The highest BCUT2D eigenvalue weighted by molar-refractivity contribution is 5.94. The summed E-state index contributed by atoms with van der Waals surface area (Å²) < 4.78 is 9.39. The number of non-ortho nitro benzene ring substituents is 1. The highest BCUT2D eigenvalue weighted by Crippen LogP contribution is 2.29. The number of aromatic nitrogens is 2. The minimum Gasteiger partial charge on any atom is -0.464 e. The van der Waals surface area contributed by atoms with Gasteiger partial charge in [-0.1, -0.05) is 0 Å². The molecule has 1 atom stereocenters. The van der Waals surface area contributed by atoms with Crippen molar-refractivity contribution in [1.29, 1.82) is 0 Å². The van der Waals surface area contributed by atoms with Gasteiger partial charge in [0.25, 0.3) is 0 Å². The van der Waals surface area contributed by atoms with E-state index in [1.165, 1.54) is 12.1 Å². The molecule has 2 rings (SSSR count). The van der Waals surface area contributed by atoms with Crippen molar-refractivity contribution in [2.45, 2.75) is 19.9 Å². The summed E-state index contributed by atoms with van der Waals surface area (Å²) in [5.74, 6) is -0.435. The fraction of sp³-hybridized carbons (Fsp3) is 0.364. The van der Waals surface area contributed by atoms with Crippen molar-refractivity contribution in [3.63, 3.8) is 0 Å². The fourth-order valence-electron chi connectivity index (χ4n) is 1.68. The number of carbonyl (C=O) groups excluding carboxylic acids is 1. The maximum Gasteiger partial charge on any atom is 0.328 e. The van der Waals surface area contributed by atoms with E-state index in [1.54, 1.807) is 13.8 Å². The van der Waals surface area contributed by atoms with Gasteiger partial charge < -0.3 is 10.1 Å². The molecule has 0 aliphatic carbocycles. The van der Waals surface area contributed by atoms with Gasteiger partial charge in [0, 0.05) is 6.07 Å². The molecule has 0 fully saturated rings. The van der Waals surface area contributed by atoms with Gasteiger partial charge >= 0.3 is 11.7 Å². The Kier molecular flexibility index (Phi) is 3.78. The number of nitro benzene ring substituents is 1. The van der Waals surface area contributed by atoms with Crippen LogP contribution in [0.2, 0.25) is 0 Å². The van der Waals surface area contributed by atoms with E-state index < -0.39 is 16.9 Å². The first kappa shape index (κ1) is 13.7. The van der Waals surface area contributed by atoms with Crippen molar-refractivity contribution in [3.8, 4) is 0 Å². The van der Waals surface area contributed by atoms with Crippen LogP contribution in [0.1, 0.15) is 13.8 Å². The molecule has 0 radical (unpaired) electrons. The fourth-order valence-corrected chi connectivity index (χ4v) is 1.68. The van der Waals surface area contributed by atoms with Gasteiger partial charge in [0.15, 0.2) is 5.52 Å². The van der Waals surface area contributed by atoms with Crippen LogP contribution in [-0.2, 0) is 9.53 Å². The molecule has 0 bridgehead atoms. The Balaban J connectivity index is 2.32. The number of esters is 1. The highest BCUT2D eigenvalue weighted by atomic mass is 16.6. The molecule has 2 aromatic rings. The predicted molar refractivity (Wildman–Crippen MR) is 68.2 cm³/mol. The summed E-state index contributed by atoms with van der Waals surface area (Å²) >= 11 is 0. The summed E-state index contributed by atoms with van der Waals surface area (Å²) in [5.41, 5.74) is 0.411. The van der Waals surface area contributed by atoms with Gasteiger partial charge in [-0.2, -0.15) is 0 Å². The summed E-state index contributed by atoms with van der Waals surface area (Å²) in [4.78, 5) is 21.8. The molecule has 1 heterocycles. The maximum absolute atomic E-state index is 11.5. The molecule has 20 heavy (non-hydrogen) atoms. The quantitative estimate of drug-likeness (QED) is 0.496. The van der Waals surface area contributed by atoms with Crippen LogP contribution in [0.15, 0.2) is 16.8 Å². The third-order valence-electron chi connectivity index (χ3n) is 2.60. The minimum absolute atomic E-state index is 0.0241. The Hall–Kier alpha value is -2.71. The van der Waals surface area contributed by atoms with Crippen LogP contribution >= 0.6 is 0 Å². The zero-order chi connectivity index (χ0) is 14.7. The van der Waals surface area contributed by atoms with Gasteiger partial charge in [0.2, 0.25) is 5.52 Å². The Bertz CT molecular complexity index is 653. The number of ether oxygens (including phenoxy) is 1. The zero-order valence-electron chi connectivity index (χ0n) is 10.8. The largest absolute Gasteiger partial charge is 0.464 e. The Morgan fingerprint density at radius 1 is 1.50 bits per heavy atom. The molecule has 106 valence electrons. The van der Waals surface area contributed by atoms with Crippen LogP contribution in [0, 0.1) is 10.1 Å². The second-order valence-electron chi connectivity index (χ2n) is 3.97. The van der Waals surface area contributed by atoms with Gasteiger partial charge in [-0.05, 0) is 30.2 Å². The molecule has 0 saturated heterocycles. The molecule has 1 unspecified atom stereocenters. The molecule has 0 saturated carbocycles. The number of hydrogen-bond acceptors (Lipinski definition) is 8. The monoisotopic (exact) mass is 280 g/mol. The normalized spacial score (nSPS) is 12.1. The van der Waals surface area contributed by atoms with Crippen molar-refractivity contribution in [3.05, 3.63) is 22.2 Å². The van der Waals surface area contributed by atoms with E-state index in [2.05, 4.69) is 20.3 Å². The van der Waals surface area contributed by atoms with Crippen LogP contribution in [0.3, 0.4) is 0 Å². The summed E-state index contributed by atoms with van der Waals surface area (Å²) in [5, 5.41) is 20.8. The van der Waals surface area contributed by atoms with E-state index in [-0.39, 0.29) is 23.3 Å². The lowest BCUT2D eigenvalue weighted by molar-refractivity contribution is -0.383. The number of benzene rings is 1. The lowest BCUT2D eigenvalue weighted by Gasteiger charge is -2.13. The van der Waals surface area contributed by atoms with Crippen molar-refractivity contribution >= 4 is 28.4 Å². The number of fused-ring (bicyclic) bond motifs is 1. The first-order chi connectivity index (χ1) is 9.54. The van der Waals surface area contributed by atoms with Gasteiger partial charge in [0.05, 0.1) is 17.2 Å². The second kappa shape index (κ2) is 5.51. The lowest BCUT2D eigenvalue weighted by Crippen LogP contribution is -2.28. The molecule has 0 amide bonds. The Morgan fingerprint density at radius 3 is 2.85 bits per heavy atom. The number of rotatable bonds is 5. The van der Waals surface area contributed by atoms with Gasteiger partial charge in [0.1, 0.15) is 6.04 Å². The second-order valence-corrected chi connectivity index (χ2v) is 3.97. The van der Waals surface area contributed by atoms with E-state index in [1.807, 2.05) is 0 Å². The smallest absolute Gasteiger partial charge is 0.328 e. The molecule has 1 aromatic heterocycles. The first-order valence-electron chi connectivity index (χ1n) is 5.87. The molecule has 1 N–H and O–H groups in total. The third kappa shape index (κ3) is 2.51. The molecule has 0 aliphatic rings. The van der Waals surface area contributed by atoms with Crippen LogP contribution in [0.5, 0.6) is 0 Å². The summed E-state index contributed by atoms with van der Waals surface area (Å²) in [6, 6.07) is 2.09. The van der Waals surface area contributed by atoms with Gasteiger partial charge in [-0.25, -0.2) is 9.42 Å². The van der Waals surface area contributed by atoms with E-state index in [4.69, 9.17) is 4.74 Å². The highest BCUT2D eigenvalue weighted by Gasteiger charge is 2.22. The molecular formula is C11H12N4O5. The molecule has 9 heteroatoms. The van der Waals surface area contributed by atoms with Crippen LogP contribution < -0.4 is 5.32 Å². The number of anilines is 1. The van der Waals surface area contributed by atoms with E-state index in [0.717, 1.165) is 0 Å². The van der Waals surface area contributed by atoms with Gasteiger partial charge in [-0.3, -0.25) is 10.1 Å². The SMILES string of the molecule is CCOC(=O)C(C)Nc1ccc([N+](=O)[O-])c2nonc12. The number of carbonyl (C=O) groups is 1. The van der Waals surface area contributed by atoms with E-state index in [0.29, 0.717) is 5.69 Å². The lowest BCUT2D eigenvalue weighted by atomic mass is 10.2. The van der Waals surface area contributed by atoms with Crippen LogP contribution in [0.4, 0.5) is 11.4 Å². The minimum atomic E-state index is -0.628. The molecule has 0 aliphatic heterocycles. The summed E-state index contributed by atoms with van der Waals surface area (Å²) in [6.07, 6.45) is 0. The van der Waals surface area contributed by atoms with Gasteiger partial charge in [-0.15, -0.1) is 0 Å². The van der Waals surface area contributed by atoms with Crippen molar-refractivity contribution in [2.24, 2.45) is 0 Å². The molecular weight excluding hydrogens is 268 g/mol. The number of hydrogen-bond donors (Lipinski definition) is 1. The van der Waals surface area contributed by atoms with Crippen molar-refractivity contribution < 1.29 is 19.1 Å². The average Bonchev–Trinajstić information content (AvgIpc) is 2.88. The zero-order valence-corrected chi connectivity index (χ0v) is 10.8. The van der Waals surface area contributed by atoms with E-state index >= 15 is 0 Å². The summed E-state index contributed by atoms with van der Waals surface area (Å²) in [6.45, 7) is 3.58. The molecule has 0 spiro atoms. The van der Waals surface area contributed by atoms with Crippen molar-refractivity contribution in [2.75, 3.05) is 11.9 Å². The Morgan fingerprint density at radius 2 is 2.20 bits per heavy atom. The van der Waals surface area contributed by atoms with E-state index in [9.17, 15) is 14.9 Å². The maximum atomic E-state index is 11.5. The van der Waals surface area contributed by atoms with Crippen molar-refractivity contribution in [1.82, 2.24) is 10.3 Å². The number of nitrogens with one attached hydrogen (secondary N) is 1. The number of nitrogens with zero attached hydrogens (tertiary/aromatic N) is 3. The first-order valence-corrected chi connectivity index (χ1v) is 5.87. The topological polar surface area (TPSA) is 120 Å². The molecule has 9 nitrogen and oxygen atoms in total. The Labute approximate surface area is 113 Å². The average molecular weight is 280 g/mol. The summed E-state index contributed by atoms with van der Waals surface area (Å²) in [7, 11) is 0. The number of nitro groups is 1. The molecule has 1 aromatic carbocycles. The van der Waals surface area contributed by atoms with Crippen LogP contribution in [0.25, 0.3) is 11.0 Å². The standard InChI is InChI=1S/C11H12N4O5/c1-3-19-11(16)6(2)12-7-4-5-8(15(17)18)10-9(7)13-20-14-10/h4-6,12H,3H2,1-2H3. The predicted octanol–water partition coefficient (Wildman–Crippen LogP) is 1.49.